The molecule has 0 saturated carbocycles. The largest absolute Gasteiger partial charge is 0.495 e. The first kappa shape index (κ1) is 15.0. The summed E-state index contributed by atoms with van der Waals surface area (Å²) in [6.07, 6.45) is 0. The Balaban J connectivity index is 2.40. The third-order valence-corrected chi connectivity index (χ3v) is 3.82. The average Bonchev–Trinajstić information content (AvgIpc) is 2.83. The lowest BCUT2D eigenvalue weighted by Gasteiger charge is -2.09. The fraction of sp³-hybridized carbons (Fsp3) is 0.214. The number of nitrogens with zero attached hydrogens (tertiary/aromatic N) is 1. The van der Waals surface area contributed by atoms with Gasteiger partial charge in [-0.2, -0.15) is 0 Å². The minimum atomic E-state index is -1.22. The molecule has 7 heteroatoms. The maximum atomic E-state index is 11.5. The monoisotopic (exact) mass is 306 g/mol. The van der Waals surface area contributed by atoms with Gasteiger partial charge in [0.15, 0.2) is 16.6 Å². The zero-order valence-electron chi connectivity index (χ0n) is 11.8. The van der Waals surface area contributed by atoms with E-state index in [1.165, 1.54) is 6.92 Å². The van der Waals surface area contributed by atoms with Crippen LogP contribution in [0, 0.1) is 6.92 Å². The topological polar surface area (TPSA) is 88.5 Å². The minimum absolute atomic E-state index is 0.122. The second kappa shape index (κ2) is 5.92. The highest BCUT2D eigenvalue weighted by Crippen LogP contribution is 2.32. The van der Waals surface area contributed by atoms with Crippen molar-refractivity contribution in [1.82, 2.24) is 4.98 Å². The lowest BCUT2D eigenvalue weighted by Crippen LogP contribution is -2.03. The van der Waals surface area contributed by atoms with Crippen LogP contribution in [-0.2, 0) is 0 Å². The second-order valence-corrected chi connectivity index (χ2v) is 5.39. The molecule has 0 spiro atoms. The molecule has 0 aliphatic carbocycles. The summed E-state index contributed by atoms with van der Waals surface area (Å²) in [5.41, 5.74) is 1.44. The molecule has 0 radical (unpaired) electrons. The number of benzene rings is 1. The summed E-state index contributed by atoms with van der Waals surface area (Å²) < 4.78 is 5.24. The van der Waals surface area contributed by atoms with E-state index >= 15 is 0 Å². The van der Waals surface area contributed by atoms with Crippen molar-refractivity contribution >= 4 is 33.9 Å². The number of carbonyl (C=O) groups excluding carboxylic acids is 1. The van der Waals surface area contributed by atoms with Gasteiger partial charge in [0, 0.05) is 6.92 Å². The summed E-state index contributed by atoms with van der Waals surface area (Å²) in [4.78, 5) is 26.7. The number of aryl methyl sites for hydroxylation is 1. The fourth-order valence-corrected chi connectivity index (χ4v) is 2.66. The number of carboxylic acid groups (broad SMARTS) is 1. The van der Waals surface area contributed by atoms with Gasteiger partial charge in [-0.3, -0.25) is 4.79 Å². The van der Waals surface area contributed by atoms with Crippen LogP contribution in [0.3, 0.4) is 0 Å². The summed E-state index contributed by atoms with van der Waals surface area (Å²) in [6.45, 7) is 3.24. The van der Waals surface area contributed by atoms with Crippen LogP contribution < -0.4 is 10.1 Å². The molecule has 21 heavy (non-hydrogen) atoms. The summed E-state index contributed by atoms with van der Waals surface area (Å²) in [5.74, 6) is -0.938. The van der Waals surface area contributed by atoms with Gasteiger partial charge in [0.25, 0.3) is 0 Å². The van der Waals surface area contributed by atoms with Crippen molar-refractivity contribution in [2.75, 3.05) is 12.4 Å². The quantitative estimate of drug-likeness (QED) is 0.825. The number of methoxy groups -OCH3 is 1. The lowest BCUT2D eigenvalue weighted by atomic mass is 10.2. The molecule has 0 unspecified atom stereocenters. The third-order valence-electron chi connectivity index (χ3n) is 2.75. The Hall–Kier alpha value is -2.41. The average molecular weight is 306 g/mol. The van der Waals surface area contributed by atoms with Gasteiger partial charge in [-0.1, -0.05) is 17.4 Å². The Morgan fingerprint density at radius 2 is 2.10 bits per heavy atom. The van der Waals surface area contributed by atoms with Crippen molar-refractivity contribution in [3.05, 3.63) is 34.3 Å². The highest BCUT2D eigenvalue weighted by Gasteiger charge is 2.21. The SMILES string of the molecule is COc1ccc(C)cc1Nc1nc(C(=O)O)c(C(C)=O)s1. The number of thiazole rings is 1. The van der Waals surface area contributed by atoms with Gasteiger partial charge in [0.1, 0.15) is 10.6 Å². The summed E-state index contributed by atoms with van der Waals surface area (Å²) in [5, 5.41) is 12.4. The molecular weight excluding hydrogens is 292 g/mol. The summed E-state index contributed by atoms with van der Waals surface area (Å²) in [7, 11) is 1.54. The molecule has 0 bridgehead atoms. The van der Waals surface area contributed by atoms with Gasteiger partial charge in [-0.15, -0.1) is 0 Å². The number of carboxylic acids is 1. The first-order valence-electron chi connectivity index (χ1n) is 6.09. The van der Waals surface area contributed by atoms with E-state index in [4.69, 9.17) is 9.84 Å². The minimum Gasteiger partial charge on any atom is -0.495 e. The molecule has 1 aromatic heterocycles. The number of rotatable bonds is 5. The molecule has 2 aromatic rings. The number of ketones is 1. The number of nitrogens with one attached hydrogen (secondary N) is 1. The van der Waals surface area contributed by atoms with Gasteiger partial charge < -0.3 is 15.2 Å². The Bertz CT molecular complexity index is 677. The molecule has 2 rings (SSSR count). The summed E-state index contributed by atoms with van der Waals surface area (Å²) >= 11 is 1.01. The smallest absolute Gasteiger partial charge is 0.356 e. The maximum Gasteiger partial charge on any atom is 0.356 e. The highest BCUT2D eigenvalue weighted by atomic mass is 32.1. The first-order chi connectivity index (χ1) is 9.92. The standard InChI is InChI=1S/C14H14N2O4S/c1-7-4-5-10(20-3)9(6-7)15-14-16-11(13(18)19)12(21-14)8(2)17/h4-6H,1-3H3,(H,15,16)(H,18,19). The predicted octanol–water partition coefficient (Wildman–Crippen LogP) is 3.10. The Morgan fingerprint density at radius 1 is 1.38 bits per heavy atom. The molecule has 0 aliphatic heterocycles. The maximum absolute atomic E-state index is 11.5. The van der Waals surface area contributed by atoms with Crippen molar-refractivity contribution < 1.29 is 19.4 Å². The molecule has 1 heterocycles. The molecule has 1 aromatic carbocycles. The number of hydrogen-bond donors (Lipinski definition) is 2. The van der Waals surface area contributed by atoms with Gasteiger partial charge in [-0.05, 0) is 24.6 Å². The first-order valence-corrected chi connectivity index (χ1v) is 6.90. The highest BCUT2D eigenvalue weighted by molar-refractivity contribution is 7.17. The van der Waals surface area contributed by atoms with Gasteiger partial charge in [0.05, 0.1) is 12.8 Å². The molecule has 2 N–H and O–H groups in total. The van der Waals surface area contributed by atoms with Crippen LogP contribution in [0.1, 0.15) is 32.6 Å². The van der Waals surface area contributed by atoms with E-state index in [1.54, 1.807) is 13.2 Å². The number of hydrogen-bond acceptors (Lipinski definition) is 6. The molecule has 110 valence electrons. The Kier molecular flexibility index (Phi) is 4.23. The summed E-state index contributed by atoms with van der Waals surface area (Å²) in [6, 6.07) is 5.55. The van der Waals surface area contributed by atoms with Crippen LogP contribution in [0.4, 0.5) is 10.8 Å². The number of carbonyl (C=O) groups is 2. The molecule has 0 amide bonds. The molecule has 6 nitrogen and oxygen atoms in total. The van der Waals surface area contributed by atoms with E-state index in [0.29, 0.717) is 16.6 Å². The fourth-order valence-electron chi connectivity index (χ4n) is 1.79. The van der Waals surface area contributed by atoms with Crippen LogP contribution in [0.15, 0.2) is 18.2 Å². The van der Waals surface area contributed by atoms with Crippen molar-refractivity contribution in [3.63, 3.8) is 0 Å². The molecule has 0 saturated heterocycles. The van der Waals surface area contributed by atoms with E-state index in [1.807, 2.05) is 19.1 Å². The second-order valence-electron chi connectivity index (χ2n) is 4.39. The number of aromatic nitrogens is 1. The van der Waals surface area contributed by atoms with Crippen molar-refractivity contribution in [2.45, 2.75) is 13.8 Å². The molecule has 0 atom stereocenters. The number of aromatic carboxylic acids is 1. The lowest BCUT2D eigenvalue weighted by molar-refractivity contribution is 0.0687. The van der Waals surface area contributed by atoms with Gasteiger partial charge in [-0.25, -0.2) is 9.78 Å². The van der Waals surface area contributed by atoms with Crippen LogP contribution in [0.25, 0.3) is 0 Å². The number of anilines is 2. The molecule has 0 fully saturated rings. The third kappa shape index (κ3) is 3.19. The van der Waals surface area contributed by atoms with Crippen LogP contribution in [-0.4, -0.2) is 29.0 Å². The van der Waals surface area contributed by atoms with Gasteiger partial charge >= 0.3 is 5.97 Å². The molecular formula is C14H14N2O4S. The van der Waals surface area contributed by atoms with Crippen LogP contribution >= 0.6 is 11.3 Å². The number of Topliss-reactive ketones (excluding diaryl/α,β-unsaturated/α-hetero) is 1. The zero-order chi connectivity index (χ0) is 15.6. The van der Waals surface area contributed by atoms with E-state index in [9.17, 15) is 9.59 Å². The van der Waals surface area contributed by atoms with E-state index in [2.05, 4.69) is 10.3 Å². The zero-order valence-corrected chi connectivity index (χ0v) is 12.6. The van der Waals surface area contributed by atoms with Gasteiger partial charge in [0.2, 0.25) is 0 Å². The predicted molar refractivity (Wildman–Crippen MR) is 80.1 cm³/mol. The van der Waals surface area contributed by atoms with Crippen LogP contribution in [0.5, 0.6) is 5.75 Å². The van der Waals surface area contributed by atoms with E-state index in [0.717, 1.165) is 16.9 Å². The molecule has 0 aliphatic rings. The Morgan fingerprint density at radius 3 is 2.62 bits per heavy atom. The Labute approximate surface area is 125 Å². The number of ether oxygens (including phenoxy) is 1. The normalized spacial score (nSPS) is 10.2. The van der Waals surface area contributed by atoms with Crippen molar-refractivity contribution in [3.8, 4) is 5.75 Å². The van der Waals surface area contributed by atoms with E-state index < -0.39 is 5.97 Å². The van der Waals surface area contributed by atoms with E-state index in [-0.39, 0.29) is 16.4 Å². The van der Waals surface area contributed by atoms with Crippen LogP contribution in [0.2, 0.25) is 0 Å². The van der Waals surface area contributed by atoms with Crippen molar-refractivity contribution in [1.29, 1.82) is 0 Å². The van der Waals surface area contributed by atoms with Crippen molar-refractivity contribution in [2.24, 2.45) is 0 Å².